The number of benzene rings is 2. The average Bonchev–Trinajstić information content (AvgIpc) is 3.44. The average molecular weight is 530 g/mol. The van der Waals surface area contributed by atoms with E-state index in [1.165, 1.54) is 24.5 Å². The summed E-state index contributed by atoms with van der Waals surface area (Å²) in [4.78, 5) is 8.60. The molecular formula is C23H21BrFN5O2S. The first-order valence-corrected chi connectivity index (χ1v) is 12.8. The molecule has 0 unspecified atom stereocenters. The molecule has 0 amide bonds. The summed E-state index contributed by atoms with van der Waals surface area (Å²) in [5.41, 5.74) is 8.05. The van der Waals surface area contributed by atoms with Crippen LogP contribution in [-0.4, -0.2) is 23.0 Å². The predicted octanol–water partition coefficient (Wildman–Crippen LogP) is 5.50. The fourth-order valence-electron chi connectivity index (χ4n) is 4.42. The van der Waals surface area contributed by atoms with Gasteiger partial charge in [-0.1, -0.05) is 31.0 Å². The smallest absolute Gasteiger partial charge is 0.263 e. The summed E-state index contributed by atoms with van der Waals surface area (Å²) in [6.07, 6.45) is 7.80. The van der Waals surface area contributed by atoms with Crippen LogP contribution in [0.3, 0.4) is 0 Å². The van der Waals surface area contributed by atoms with Crippen molar-refractivity contribution in [3.63, 3.8) is 0 Å². The van der Waals surface area contributed by atoms with E-state index in [0.29, 0.717) is 32.8 Å². The molecule has 10 heteroatoms. The SMILES string of the molecule is Nc1ncnc2c1c(-c1ccc(NS(=O)(=O)c3ccccc3Br)c(F)c1)cn2C1CCCC1. The quantitative estimate of drug-likeness (QED) is 0.355. The Kier molecular flexibility index (Phi) is 5.57. The molecule has 33 heavy (non-hydrogen) atoms. The number of fused-ring (bicyclic) bond motifs is 1. The molecule has 0 atom stereocenters. The largest absolute Gasteiger partial charge is 0.383 e. The van der Waals surface area contributed by atoms with Crippen LogP contribution in [0.15, 0.2) is 64.4 Å². The van der Waals surface area contributed by atoms with Crippen LogP contribution in [0.25, 0.3) is 22.2 Å². The molecule has 1 aliphatic rings. The molecule has 2 aromatic heterocycles. The molecular weight excluding hydrogens is 509 g/mol. The molecule has 4 aromatic rings. The lowest BCUT2D eigenvalue weighted by Gasteiger charge is -2.12. The Labute approximate surface area is 199 Å². The number of nitrogens with two attached hydrogens (primary N) is 1. The van der Waals surface area contributed by atoms with E-state index in [1.807, 2.05) is 6.20 Å². The second-order valence-electron chi connectivity index (χ2n) is 8.08. The topological polar surface area (TPSA) is 103 Å². The monoisotopic (exact) mass is 529 g/mol. The van der Waals surface area contributed by atoms with Gasteiger partial charge in [0.1, 0.15) is 28.5 Å². The lowest BCUT2D eigenvalue weighted by molar-refractivity contribution is 0.532. The van der Waals surface area contributed by atoms with E-state index in [1.54, 1.807) is 24.3 Å². The minimum atomic E-state index is -3.97. The molecule has 170 valence electrons. The van der Waals surface area contributed by atoms with Crippen molar-refractivity contribution in [3.05, 3.63) is 65.3 Å². The van der Waals surface area contributed by atoms with Gasteiger partial charge < -0.3 is 10.3 Å². The number of hydrogen-bond acceptors (Lipinski definition) is 5. The van der Waals surface area contributed by atoms with Crippen LogP contribution in [0, 0.1) is 5.82 Å². The lowest BCUT2D eigenvalue weighted by atomic mass is 10.1. The molecule has 0 saturated heterocycles. The van der Waals surface area contributed by atoms with E-state index in [4.69, 9.17) is 5.73 Å². The number of halogens is 2. The van der Waals surface area contributed by atoms with Gasteiger partial charge in [-0.25, -0.2) is 22.8 Å². The highest BCUT2D eigenvalue weighted by Crippen LogP contribution is 2.39. The number of aromatic nitrogens is 3. The number of nitrogens with zero attached hydrogens (tertiary/aromatic N) is 3. The van der Waals surface area contributed by atoms with Gasteiger partial charge in [0.15, 0.2) is 0 Å². The second-order valence-corrected chi connectivity index (χ2v) is 10.6. The van der Waals surface area contributed by atoms with Gasteiger partial charge in [-0.2, -0.15) is 0 Å². The first-order valence-electron chi connectivity index (χ1n) is 10.5. The van der Waals surface area contributed by atoms with Crippen LogP contribution in [0.2, 0.25) is 0 Å². The number of hydrogen-bond donors (Lipinski definition) is 2. The molecule has 3 N–H and O–H groups in total. The van der Waals surface area contributed by atoms with Gasteiger partial charge in [0.05, 0.1) is 11.1 Å². The number of nitrogen functional groups attached to an aromatic ring is 1. The zero-order valence-corrected chi connectivity index (χ0v) is 19.9. The molecule has 2 aromatic carbocycles. The highest BCUT2D eigenvalue weighted by atomic mass is 79.9. The second kappa shape index (κ2) is 8.42. The third-order valence-corrected chi connectivity index (χ3v) is 8.38. The number of sulfonamides is 1. The normalized spacial score (nSPS) is 14.7. The summed E-state index contributed by atoms with van der Waals surface area (Å²) in [7, 11) is -3.97. The van der Waals surface area contributed by atoms with Crippen molar-refractivity contribution in [2.45, 2.75) is 36.6 Å². The highest BCUT2D eigenvalue weighted by molar-refractivity contribution is 9.10. The van der Waals surface area contributed by atoms with Crippen molar-refractivity contribution in [3.8, 4) is 11.1 Å². The van der Waals surface area contributed by atoms with E-state index in [0.717, 1.165) is 31.3 Å². The van der Waals surface area contributed by atoms with Crippen LogP contribution in [0.5, 0.6) is 0 Å². The zero-order chi connectivity index (χ0) is 23.2. The van der Waals surface area contributed by atoms with Crippen LogP contribution in [0.4, 0.5) is 15.9 Å². The lowest BCUT2D eigenvalue weighted by Crippen LogP contribution is -2.14. The molecule has 2 heterocycles. The van der Waals surface area contributed by atoms with Crippen molar-refractivity contribution < 1.29 is 12.8 Å². The summed E-state index contributed by atoms with van der Waals surface area (Å²) in [6, 6.07) is 11.1. The maximum Gasteiger partial charge on any atom is 0.263 e. The minimum absolute atomic E-state index is 0.0260. The Balaban J connectivity index is 1.55. The van der Waals surface area contributed by atoms with Crippen LogP contribution in [-0.2, 0) is 10.0 Å². The first kappa shape index (κ1) is 21.8. The number of rotatable bonds is 5. The van der Waals surface area contributed by atoms with Gasteiger partial charge in [-0.15, -0.1) is 0 Å². The zero-order valence-electron chi connectivity index (χ0n) is 17.5. The van der Waals surface area contributed by atoms with Gasteiger partial charge in [0.25, 0.3) is 10.0 Å². The van der Waals surface area contributed by atoms with Crippen molar-refractivity contribution >= 4 is 48.5 Å². The van der Waals surface area contributed by atoms with Crippen LogP contribution >= 0.6 is 15.9 Å². The van der Waals surface area contributed by atoms with E-state index >= 15 is 4.39 Å². The highest BCUT2D eigenvalue weighted by Gasteiger charge is 2.24. The molecule has 1 aliphatic carbocycles. The molecule has 0 spiro atoms. The van der Waals surface area contributed by atoms with Crippen molar-refractivity contribution in [2.75, 3.05) is 10.5 Å². The van der Waals surface area contributed by atoms with Crippen LogP contribution < -0.4 is 10.5 Å². The summed E-state index contributed by atoms with van der Waals surface area (Å²) in [6.45, 7) is 0. The molecule has 0 aliphatic heterocycles. The molecule has 1 fully saturated rings. The predicted molar refractivity (Wildman–Crippen MR) is 130 cm³/mol. The third kappa shape index (κ3) is 3.97. The standard InChI is InChI=1S/C23H21BrFN5O2S/c24-17-7-3-4-8-20(17)33(31,32)29-19-10-9-14(11-18(19)25)16-12-30(15-5-1-2-6-15)23-21(16)22(26)27-13-28-23/h3-4,7-13,15,29H,1-2,5-6H2,(H2,26,27,28). The molecule has 0 radical (unpaired) electrons. The van der Waals surface area contributed by atoms with Gasteiger partial charge in [-0.05, 0) is 58.6 Å². The molecule has 0 bridgehead atoms. The summed E-state index contributed by atoms with van der Waals surface area (Å²) >= 11 is 3.23. The maximum absolute atomic E-state index is 15.1. The Morgan fingerprint density at radius 2 is 1.88 bits per heavy atom. The van der Waals surface area contributed by atoms with Crippen LogP contribution in [0.1, 0.15) is 31.7 Å². The fourth-order valence-corrected chi connectivity index (χ4v) is 6.49. The van der Waals surface area contributed by atoms with E-state index in [9.17, 15) is 8.42 Å². The van der Waals surface area contributed by atoms with Gasteiger partial charge in [0, 0.05) is 22.3 Å². The molecule has 1 saturated carbocycles. The van der Waals surface area contributed by atoms with Gasteiger partial charge in [0.2, 0.25) is 0 Å². The fraction of sp³-hybridized carbons (Fsp3) is 0.217. The summed E-state index contributed by atoms with van der Waals surface area (Å²) in [5, 5.41) is 0.672. The van der Waals surface area contributed by atoms with Crippen molar-refractivity contribution in [2.24, 2.45) is 0 Å². The van der Waals surface area contributed by atoms with E-state index in [2.05, 4.69) is 35.2 Å². The van der Waals surface area contributed by atoms with E-state index in [-0.39, 0.29) is 10.6 Å². The first-order chi connectivity index (χ1) is 15.8. The maximum atomic E-state index is 15.1. The Bertz CT molecular complexity index is 1470. The van der Waals surface area contributed by atoms with E-state index < -0.39 is 15.8 Å². The number of nitrogens with one attached hydrogen (secondary N) is 1. The molecule has 7 nitrogen and oxygen atoms in total. The summed E-state index contributed by atoms with van der Waals surface area (Å²) < 4.78 is 45.4. The minimum Gasteiger partial charge on any atom is -0.383 e. The Morgan fingerprint density at radius 1 is 1.12 bits per heavy atom. The third-order valence-electron chi connectivity index (χ3n) is 6.01. The number of anilines is 2. The van der Waals surface area contributed by atoms with Crippen molar-refractivity contribution in [1.29, 1.82) is 0 Å². The Hall–Kier alpha value is -2.98. The Morgan fingerprint density at radius 3 is 2.61 bits per heavy atom. The van der Waals surface area contributed by atoms with Gasteiger partial charge >= 0.3 is 0 Å². The molecule has 5 rings (SSSR count). The summed E-state index contributed by atoms with van der Waals surface area (Å²) in [5.74, 6) is -0.369. The van der Waals surface area contributed by atoms with Gasteiger partial charge in [-0.3, -0.25) is 4.72 Å². The van der Waals surface area contributed by atoms with Crippen molar-refractivity contribution in [1.82, 2.24) is 14.5 Å².